The summed E-state index contributed by atoms with van der Waals surface area (Å²) in [6.45, 7) is 5.76. The maximum atomic E-state index is 14.1. The van der Waals surface area contributed by atoms with Gasteiger partial charge in [0.05, 0.1) is 10.7 Å². The van der Waals surface area contributed by atoms with E-state index < -0.39 is 5.82 Å². The molecule has 2 aromatic rings. The topological polar surface area (TPSA) is 38.3 Å². The van der Waals surface area contributed by atoms with Gasteiger partial charge in [-0.05, 0) is 48.7 Å². The minimum atomic E-state index is -0.429. The molecule has 24 heavy (non-hydrogen) atoms. The summed E-state index contributed by atoms with van der Waals surface area (Å²) < 4.78 is 19.9. The van der Waals surface area contributed by atoms with E-state index >= 15 is 0 Å². The van der Waals surface area contributed by atoms with Crippen LogP contribution in [0.3, 0.4) is 0 Å². The first-order valence-corrected chi connectivity index (χ1v) is 8.33. The molecule has 1 amide bonds. The number of hydrogen-bond acceptors (Lipinski definition) is 2. The average molecular weight is 350 g/mol. The van der Waals surface area contributed by atoms with E-state index in [1.165, 1.54) is 6.07 Å². The number of ether oxygens (including phenoxy) is 1. The first kappa shape index (κ1) is 18.3. The van der Waals surface area contributed by atoms with E-state index in [-0.39, 0.29) is 12.5 Å². The third-order valence-corrected chi connectivity index (χ3v) is 4.15. The van der Waals surface area contributed by atoms with Crippen molar-refractivity contribution in [1.29, 1.82) is 0 Å². The van der Waals surface area contributed by atoms with E-state index in [0.717, 1.165) is 17.5 Å². The Morgan fingerprint density at radius 3 is 2.71 bits per heavy atom. The monoisotopic (exact) mass is 349 g/mol. The highest BCUT2D eigenvalue weighted by atomic mass is 35.5. The molecule has 0 aliphatic rings. The highest BCUT2D eigenvalue weighted by Gasteiger charge is 2.13. The maximum absolute atomic E-state index is 14.1. The van der Waals surface area contributed by atoms with Crippen molar-refractivity contribution in [2.75, 3.05) is 5.32 Å². The number of carbonyl (C=O) groups excluding carboxylic acids is 1. The van der Waals surface area contributed by atoms with Gasteiger partial charge in [-0.3, -0.25) is 4.79 Å². The lowest BCUT2D eigenvalue weighted by molar-refractivity contribution is -0.115. The van der Waals surface area contributed by atoms with Crippen LogP contribution in [0.5, 0.6) is 5.75 Å². The van der Waals surface area contributed by atoms with Crippen LogP contribution >= 0.6 is 11.6 Å². The summed E-state index contributed by atoms with van der Waals surface area (Å²) in [6, 6.07) is 8.27. The number of carbonyl (C=O) groups is 1. The number of halogens is 2. The molecular weight excluding hydrogens is 329 g/mol. The fourth-order valence-electron chi connectivity index (χ4n) is 2.40. The number of hydrogen-bond donors (Lipinski definition) is 1. The van der Waals surface area contributed by atoms with E-state index in [9.17, 15) is 9.18 Å². The first-order valence-electron chi connectivity index (χ1n) is 7.95. The van der Waals surface area contributed by atoms with E-state index in [0.29, 0.717) is 28.4 Å². The summed E-state index contributed by atoms with van der Waals surface area (Å²) in [7, 11) is 0. The van der Waals surface area contributed by atoms with Gasteiger partial charge in [0.1, 0.15) is 18.2 Å². The predicted octanol–water partition coefficient (Wildman–Crippen LogP) is 5.28. The Labute approximate surface area is 146 Å². The highest BCUT2D eigenvalue weighted by Crippen LogP contribution is 2.30. The van der Waals surface area contributed by atoms with Crippen molar-refractivity contribution in [1.82, 2.24) is 0 Å². The molecule has 0 aliphatic carbocycles. The van der Waals surface area contributed by atoms with Crippen LogP contribution in [0.2, 0.25) is 5.02 Å². The van der Waals surface area contributed by atoms with Gasteiger partial charge >= 0.3 is 0 Å². The summed E-state index contributed by atoms with van der Waals surface area (Å²) in [6.07, 6.45) is 1.20. The van der Waals surface area contributed by atoms with Gasteiger partial charge < -0.3 is 10.1 Å². The Hall–Kier alpha value is -2.07. The maximum Gasteiger partial charge on any atom is 0.224 e. The van der Waals surface area contributed by atoms with E-state index in [1.54, 1.807) is 19.1 Å². The van der Waals surface area contributed by atoms with Gasteiger partial charge in [-0.2, -0.15) is 0 Å². The van der Waals surface area contributed by atoms with Crippen LogP contribution in [-0.2, 0) is 17.8 Å². The number of anilines is 1. The Bertz CT molecular complexity index is 746. The molecule has 0 atom stereocenters. The molecule has 0 aromatic heterocycles. The molecule has 0 unspecified atom stereocenters. The van der Waals surface area contributed by atoms with Crippen molar-refractivity contribution in [3.8, 4) is 5.75 Å². The molecule has 3 nitrogen and oxygen atoms in total. The van der Waals surface area contributed by atoms with Gasteiger partial charge in [-0.25, -0.2) is 4.39 Å². The molecule has 128 valence electrons. The van der Waals surface area contributed by atoms with Gasteiger partial charge in [0.2, 0.25) is 5.91 Å². The summed E-state index contributed by atoms with van der Waals surface area (Å²) in [5.74, 6) is -0.104. The number of rotatable bonds is 6. The van der Waals surface area contributed by atoms with Crippen LogP contribution < -0.4 is 10.1 Å². The number of nitrogens with one attached hydrogen (secondary N) is 1. The third kappa shape index (κ3) is 4.26. The molecule has 0 heterocycles. The smallest absolute Gasteiger partial charge is 0.224 e. The normalized spacial score (nSPS) is 10.5. The third-order valence-electron chi connectivity index (χ3n) is 3.86. The Morgan fingerprint density at radius 1 is 1.29 bits per heavy atom. The van der Waals surface area contributed by atoms with Gasteiger partial charge in [-0.15, -0.1) is 0 Å². The minimum absolute atomic E-state index is 0.0172. The first-order chi connectivity index (χ1) is 11.5. The van der Waals surface area contributed by atoms with Crippen molar-refractivity contribution in [3.05, 3.63) is 57.9 Å². The number of amides is 1. The highest BCUT2D eigenvalue weighted by molar-refractivity contribution is 6.32. The molecule has 0 saturated heterocycles. The summed E-state index contributed by atoms with van der Waals surface area (Å²) in [5.41, 5.74) is 2.94. The van der Waals surface area contributed by atoms with E-state index in [4.69, 9.17) is 16.3 Å². The summed E-state index contributed by atoms with van der Waals surface area (Å²) in [5, 5.41) is 3.18. The molecule has 0 spiro atoms. The molecule has 5 heteroatoms. The van der Waals surface area contributed by atoms with Gasteiger partial charge in [-0.1, -0.05) is 31.5 Å². The fourth-order valence-corrected chi connectivity index (χ4v) is 2.64. The zero-order valence-electron chi connectivity index (χ0n) is 14.1. The molecule has 2 aromatic carbocycles. The molecular formula is C19H21ClFNO2. The van der Waals surface area contributed by atoms with Crippen LogP contribution in [0.15, 0.2) is 30.3 Å². The molecule has 2 rings (SSSR count). The van der Waals surface area contributed by atoms with Crippen LogP contribution in [-0.4, -0.2) is 5.91 Å². The van der Waals surface area contributed by atoms with E-state index in [1.807, 2.05) is 19.1 Å². The predicted molar refractivity (Wildman–Crippen MR) is 95.2 cm³/mol. The van der Waals surface area contributed by atoms with Crippen molar-refractivity contribution < 1.29 is 13.9 Å². The Morgan fingerprint density at radius 2 is 2.04 bits per heavy atom. The second kappa shape index (κ2) is 8.15. The quantitative estimate of drug-likeness (QED) is 0.770. The number of aryl methyl sites for hydroxylation is 2. The van der Waals surface area contributed by atoms with Crippen molar-refractivity contribution in [2.24, 2.45) is 0 Å². The molecule has 1 N–H and O–H groups in total. The molecule has 0 fully saturated rings. The standard InChI is InChI=1S/C19H21ClFNO2/c1-4-13-10-15(20)18(9-12(13)3)24-11-14-16(21)7-6-8-17(14)22-19(23)5-2/h6-10H,4-5,11H2,1-3H3,(H,22,23). The van der Waals surface area contributed by atoms with Crippen LogP contribution in [0.1, 0.15) is 37.0 Å². The summed E-state index contributed by atoms with van der Waals surface area (Å²) >= 11 is 6.24. The largest absolute Gasteiger partial charge is 0.487 e. The molecule has 0 aliphatic heterocycles. The number of benzene rings is 2. The lowest BCUT2D eigenvalue weighted by Gasteiger charge is -2.15. The van der Waals surface area contributed by atoms with Crippen molar-refractivity contribution >= 4 is 23.2 Å². The Kier molecular flexibility index (Phi) is 6.21. The van der Waals surface area contributed by atoms with E-state index in [2.05, 4.69) is 12.2 Å². The molecule has 0 bridgehead atoms. The van der Waals surface area contributed by atoms with Crippen molar-refractivity contribution in [2.45, 2.75) is 40.2 Å². The van der Waals surface area contributed by atoms with Crippen LogP contribution in [0, 0.1) is 12.7 Å². The zero-order chi connectivity index (χ0) is 17.7. The van der Waals surface area contributed by atoms with Crippen LogP contribution in [0.25, 0.3) is 0 Å². The lowest BCUT2D eigenvalue weighted by Crippen LogP contribution is -2.13. The van der Waals surface area contributed by atoms with Crippen molar-refractivity contribution in [3.63, 3.8) is 0 Å². The molecule has 0 radical (unpaired) electrons. The molecule has 0 saturated carbocycles. The zero-order valence-corrected chi connectivity index (χ0v) is 14.8. The SMILES string of the molecule is CCC(=O)Nc1cccc(F)c1COc1cc(C)c(CC)cc1Cl. The second-order valence-electron chi connectivity index (χ2n) is 5.52. The fraction of sp³-hybridized carbons (Fsp3) is 0.316. The average Bonchev–Trinajstić information content (AvgIpc) is 2.56. The van der Waals surface area contributed by atoms with Gasteiger partial charge in [0, 0.05) is 12.0 Å². The van der Waals surface area contributed by atoms with Crippen LogP contribution in [0.4, 0.5) is 10.1 Å². The Balaban J connectivity index is 2.23. The lowest BCUT2D eigenvalue weighted by atomic mass is 10.1. The van der Waals surface area contributed by atoms with Gasteiger partial charge in [0.25, 0.3) is 0 Å². The minimum Gasteiger partial charge on any atom is -0.487 e. The van der Waals surface area contributed by atoms with Gasteiger partial charge in [0.15, 0.2) is 0 Å². The summed E-state index contributed by atoms with van der Waals surface area (Å²) in [4.78, 5) is 11.6. The second-order valence-corrected chi connectivity index (χ2v) is 5.93.